The van der Waals surface area contributed by atoms with E-state index in [-0.39, 0.29) is 0 Å². The Bertz CT molecular complexity index is 619. The molecule has 2 N–H and O–H groups in total. The molecule has 1 aliphatic rings. The van der Waals surface area contributed by atoms with Crippen LogP contribution in [0.3, 0.4) is 0 Å². The van der Waals surface area contributed by atoms with E-state index in [1.54, 1.807) is 12.1 Å². The van der Waals surface area contributed by atoms with E-state index in [1.807, 2.05) is 0 Å². The number of ether oxygens (including phenoxy) is 2. The predicted octanol–water partition coefficient (Wildman–Crippen LogP) is 2.45. The molecule has 1 aliphatic heterocycles. The van der Waals surface area contributed by atoms with Gasteiger partial charge in [0, 0.05) is 37.7 Å². The van der Waals surface area contributed by atoms with Crippen LogP contribution in [0, 0.1) is 0 Å². The number of hydrogen-bond acceptors (Lipinski definition) is 6. The van der Waals surface area contributed by atoms with Crippen molar-refractivity contribution >= 4 is 46.7 Å². The Morgan fingerprint density at radius 2 is 1.50 bits per heavy atom. The molecule has 11 heteroatoms. The van der Waals surface area contributed by atoms with Crippen LogP contribution in [0.5, 0.6) is 5.75 Å². The molecule has 0 bridgehead atoms. The lowest BCUT2D eigenvalue weighted by atomic mass is 10.3. The van der Waals surface area contributed by atoms with E-state index < -0.39 is 11.9 Å². The smallest absolute Gasteiger partial charge is 0.414 e. The van der Waals surface area contributed by atoms with Crippen molar-refractivity contribution in [1.29, 1.82) is 0 Å². The first-order valence-electron chi connectivity index (χ1n) is 8.43. The highest BCUT2D eigenvalue weighted by atomic mass is 35.5. The van der Waals surface area contributed by atoms with Crippen LogP contribution in [0.4, 0.5) is 0 Å². The Hall–Kier alpha value is -1.29. The van der Waals surface area contributed by atoms with Crippen molar-refractivity contribution in [3.05, 3.63) is 27.2 Å². The first-order valence-corrected chi connectivity index (χ1v) is 9.56. The van der Waals surface area contributed by atoms with Crippen molar-refractivity contribution in [2.75, 3.05) is 59.6 Å². The number of carboxylic acids is 2. The first kappa shape index (κ1) is 24.7. The van der Waals surface area contributed by atoms with E-state index in [4.69, 9.17) is 64.1 Å². The van der Waals surface area contributed by atoms with Gasteiger partial charge in [-0.05, 0) is 19.2 Å². The maximum atomic E-state index is 9.10. The van der Waals surface area contributed by atoms with Crippen LogP contribution in [0.1, 0.15) is 0 Å². The van der Waals surface area contributed by atoms with E-state index in [2.05, 4.69) is 16.8 Å². The average molecular weight is 458 g/mol. The Labute approximate surface area is 178 Å². The molecule has 1 saturated heterocycles. The third-order valence-corrected chi connectivity index (χ3v) is 4.55. The molecule has 1 heterocycles. The summed E-state index contributed by atoms with van der Waals surface area (Å²) < 4.78 is 11.2. The van der Waals surface area contributed by atoms with Gasteiger partial charge < -0.3 is 24.6 Å². The van der Waals surface area contributed by atoms with Gasteiger partial charge in [-0.15, -0.1) is 0 Å². The van der Waals surface area contributed by atoms with Gasteiger partial charge in [-0.25, -0.2) is 9.59 Å². The SMILES string of the molecule is CN1CCN(CCOCCOc2c(Cl)cc(Cl)cc2Cl)CC1.O=C(O)C(=O)O. The molecule has 2 rings (SSSR count). The summed E-state index contributed by atoms with van der Waals surface area (Å²) in [7, 11) is 2.15. The minimum atomic E-state index is -1.82. The fraction of sp³-hybridized carbons (Fsp3) is 0.529. The second kappa shape index (κ2) is 13.0. The molecule has 158 valence electrons. The Balaban J connectivity index is 0.000000568. The number of piperazine rings is 1. The molecule has 1 aromatic carbocycles. The largest absolute Gasteiger partial charge is 0.488 e. The van der Waals surface area contributed by atoms with Gasteiger partial charge in [0.25, 0.3) is 0 Å². The number of carbonyl (C=O) groups is 2. The Morgan fingerprint density at radius 3 is 2.00 bits per heavy atom. The van der Waals surface area contributed by atoms with Gasteiger partial charge in [-0.1, -0.05) is 34.8 Å². The lowest BCUT2D eigenvalue weighted by Crippen LogP contribution is -2.45. The van der Waals surface area contributed by atoms with Crippen LogP contribution in [0.25, 0.3) is 0 Å². The van der Waals surface area contributed by atoms with Crippen LogP contribution in [-0.4, -0.2) is 91.5 Å². The number of benzene rings is 1. The molecule has 0 aromatic heterocycles. The monoisotopic (exact) mass is 456 g/mol. The van der Waals surface area contributed by atoms with E-state index in [9.17, 15) is 0 Å². The number of likely N-dealkylation sites (N-methyl/N-ethyl adjacent to an activating group) is 1. The molecule has 0 atom stereocenters. The fourth-order valence-corrected chi connectivity index (χ4v) is 3.16. The second-order valence-corrected chi connectivity index (χ2v) is 7.17. The summed E-state index contributed by atoms with van der Waals surface area (Å²) in [5.41, 5.74) is 0. The van der Waals surface area contributed by atoms with E-state index >= 15 is 0 Å². The van der Waals surface area contributed by atoms with Gasteiger partial charge in [0.15, 0.2) is 5.75 Å². The van der Waals surface area contributed by atoms with Crippen molar-refractivity contribution in [1.82, 2.24) is 9.80 Å². The highest BCUT2D eigenvalue weighted by molar-refractivity contribution is 6.40. The molecule has 1 aromatic rings. The molecule has 0 radical (unpaired) electrons. The predicted molar refractivity (Wildman–Crippen MR) is 107 cm³/mol. The van der Waals surface area contributed by atoms with Gasteiger partial charge in [0.2, 0.25) is 0 Å². The molecule has 0 unspecified atom stereocenters. The molecule has 0 amide bonds. The number of nitrogens with zero attached hydrogens (tertiary/aromatic N) is 2. The first-order chi connectivity index (χ1) is 13.2. The van der Waals surface area contributed by atoms with Crippen molar-refractivity contribution in [2.45, 2.75) is 0 Å². The number of hydrogen-bond donors (Lipinski definition) is 2. The zero-order valence-electron chi connectivity index (χ0n) is 15.4. The molecule has 0 spiro atoms. The molecule has 0 aliphatic carbocycles. The van der Waals surface area contributed by atoms with E-state index in [0.29, 0.717) is 40.6 Å². The van der Waals surface area contributed by atoms with Gasteiger partial charge in [-0.3, -0.25) is 4.90 Å². The summed E-state index contributed by atoms with van der Waals surface area (Å²) >= 11 is 17.9. The van der Waals surface area contributed by atoms with Gasteiger partial charge in [0.05, 0.1) is 23.3 Å². The van der Waals surface area contributed by atoms with Crippen molar-refractivity contribution in [2.24, 2.45) is 0 Å². The standard InChI is InChI=1S/C15H21Cl3N2O2.C2H2O4/c1-19-2-4-20(5-3-19)6-7-21-8-9-22-15-13(17)10-12(16)11-14(15)18;3-1(4)2(5)6/h10-11H,2-9H2,1H3;(H,3,4)(H,5,6). The molecule has 28 heavy (non-hydrogen) atoms. The average Bonchev–Trinajstić information content (AvgIpc) is 2.61. The molecule has 0 saturated carbocycles. The molecule has 1 fully saturated rings. The minimum Gasteiger partial charge on any atom is -0.488 e. The lowest BCUT2D eigenvalue weighted by molar-refractivity contribution is -0.159. The van der Waals surface area contributed by atoms with Crippen molar-refractivity contribution in [3.8, 4) is 5.75 Å². The lowest BCUT2D eigenvalue weighted by Gasteiger charge is -2.32. The number of aliphatic carboxylic acids is 2. The normalized spacial score (nSPS) is 14.9. The van der Waals surface area contributed by atoms with Crippen LogP contribution < -0.4 is 4.74 Å². The van der Waals surface area contributed by atoms with Crippen molar-refractivity contribution < 1.29 is 29.3 Å². The quantitative estimate of drug-likeness (QED) is 0.476. The zero-order valence-corrected chi connectivity index (χ0v) is 17.6. The number of carboxylic acid groups (broad SMARTS) is 2. The molecular formula is C17H23Cl3N2O6. The van der Waals surface area contributed by atoms with Crippen molar-refractivity contribution in [3.63, 3.8) is 0 Å². The highest BCUT2D eigenvalue weighted by Crippen LogP contribution is 2.35. The maximum absolute atomic E-state index is 9.10. The Kier molecular flexibility index (Phi) is 11.5. The summed E-state index contributed by atoms with van der Waals surface area (Å²) in [5.74, 6) is -3.19. The maximum Gasteiger partial charge on any atom is 0.414 e. The van der Waals surface area contributed by atoms with Crippen LogP contribution in [-0.2, 0) is 14.3 Å². The fourth-order valence-electron chi connectivity index (χ4n) is 2.24. The van der Waals surface area contributed by atoms with E-state index in [1.165, 1.54) is 0 Å². The van der Waals surface area contributed by atoms with E-state index in [0.717, 1.165) is 32.7 Å². The summed E-state index contributed by atoms with van der Waals surface area (Å²) in [4.78, 5) is 22.9. The summed E-state index contributed by atoms with van der Waals surface area (Å²) in [6.07, 6.45) is 0. The highest BCUT2D eigenvalue weighted by Gasteiger charge is 2.13. The Morgan fingerprint density at radius 1 is 0.964 bits per heavy atom. The second-order valence-electron chi connectivity index (χ2n) is 5.91. The number of rotatable bonds is 7. The number of halogens is 3. The molecular weight excluding hydrogens is 435 g/mol. The summed E-state index contributed by atoms with van der Waals surface area (Å²) in [6.45, 7) is 7.02. The zero-order chi connectivity index (χ0) is 21.1. The summed E-state index contributed by atoms with van der Waals surface area (Å²) in [5, 5.41) is 16.1. The molecule has 8 nitrogen and oxygen atoms in total. The topological polar surface area (TPSA) is 99.5 Å². The minimum absolute atomic E-state index is 0.407. The van der Waals surface area contributed by atoms with Gasteiger partial charge in [-0.2, -0.15) is 0 Å². The van der Waals surface area contributed by atoms with Crippen LogP contribution in [0.2, 0.25) is 15.1 Å². The third-order valence-electron chi connectivity index (χ3n) is 3.77. The van der Waals surface area contributed by atoms with Gasteiger partial charge in [0.1, 0.15) is 6.61 Å². The van der Waals surface area contributed by atoms with Gasteiger partial charge >= 0.3 is 11.9 Å². The third kappa shape index (κ3) is 9.77. The summed E-state index contributed by atoms with van der Waals surface area (Å²) in [6, 6.07) is 3.22. The van der Waals surface area contributed by atoms with Crippen LogP contribution >= 0.6 is 34.8 Å². The van der Waals surface area contributed by atoms with Crippen LogP contribution in [0.15, 0.2) is 12.1 Å².